The van der Waals surface area contributed by atoms with Gasteiger partial charge in [-0.2, -0.15) is 0 Å². The predicted molar refractivity (Wildman–Crippen MR) is 125 cm³/mol. The summed E-state index contributed by atoms with van der Waals surface area (Å²) in [5, 5.41) is 20.8. The van der Waals surface area contributed by atoms with Gasteiger partial charge in [-0.1, -0.05) is 45.4 Å². The van der Waals surface area contributed by atoms with Crippen LogP contribution >= 0.6 is 0 Å². The average molecular weight is 429 g/mol. The van der Waals surface area contributed by atoms with Crippen molar-refractivity contribution in [2.75, 3.05) is 6.61 Å². The van der Waals surface area contributed by atoms with Crippen molar-refractivity contribution in [2.24, 2.45) is 46.3 Å². The van der Waals surface area contributed by atoms with Gasteiger partial charge < -0.3 is 10.2 Å². The Hall–Kier alpha value is -0.930. The Morgan fingerprint density at radius 2 is 1.90 bits per heavy atom. The van der Waals surface area contributed by atoms with Gasteiger partial charge >= 0.3 is 0 Å². The number of hydrogen-bond acceptors (Lipinski definition) is 3. The number of allylic oxidation sites excluding steroid dienone is 2. The minimum Gasteiger partial charge on any atom is -0.395 e. The fraction of sp³-hybridized carbons (Fsp3) is 0.821. The molecule has 3 nitrogen and oxygen atoms in total. The number of ketones is 1. The summed E-state index contributed by atoms with van der Waals surface area (Å²) in [5.74, 6) is 2.93. The maximum Gasteiger partial charge on any atom is 0.159 e. The maximum atomic E-state index is 13.4. The van der Waals surface area contributed by atoms with E-state index in [0.717, 1.165) is 37.7 Å². The van der Waals surface area contributed by atoms with Crippen molar-refractivity contribution in [3.63, 3.8) is 0 Å². The van der Waals surface area contributed by atoms with Crippen molar-refractivity contribution in [3.05, 3.63) is 23.8 Å². The molecule has 0 saturated heterocycles. The molecule has 0 aromatic rings. The van der Waals surface area contributed by atoms with Gasteiger partial charge in [0.15, 0.2) is 5.78 Å². The summed E-state index contributed by atoms with van der Waals surface area (Å²) in [6.45, 7) is 13.8. The molecule has 2 N–H and O–H groups in total. The lowest BCUT2D eigenvalue weighted by molar-refractivity contribution is -0.138. The SMILES string of the molecule is C=C(CC[C@@H](C)[C@H]1CC[C@H]2[C@@H]3C(=O)C=C4C[C@@H](O)CC[C@]4(CO)[C@H]3CC[C@]12C)C(C)C. The van der Waals surface area contributed by atoms with Crippen LogP contribution in [-0.4, -0.2) is 28.7 Å². The monoisotopic (exact) mass is 428 g/mol. The van der Waals surface area contributed by atoms with Gasteiger partial charge in [0.1, 0.15) is 0 Å². The molecule has 4 aliphatic rings. The number of fused-ring (bicyclic) bond motifs is 5. The second-order valence-electron chi connectivity index (χ2n) is 12.1. The summed E-state index contributed by atoms with van der Waals surface area (Å²) in [6.07, 6.45) is 10.5. The van der Waals surface area contributed by atoms with Gasteiger partial charge in [0.25, 0.3) is 0 Å². The van der Waals surface area contributed by atoms with Crippen molar-refractivity contribution >= 4 is 5.78 Å². The zero-order valence-electron chi connectivity index (χ0n) is 20.2. The van der Waals surface area contributed by atoms with Gasteiger partial charge in [0.05, 0.1) is 12.7 Å². The number of carbonyl (C=O) groups excluding carboxylic acids is 1. The van der Waals surface area contributed by atoms with Crippen LogP contribution in [0.3, 0.4) is 0 Å². The summed E-state index contributed by atoms with van der Waals surface area (Å²) < 4.78 is 0. The lowest BCUT2D eigenvalue weighted by atomic mass is 9.46. The number of rotatable bonds is 6. The summed E-state index contributed by atoms with van der Waals surface area (Å²) in [7, 11) is 0. The van der Waals surface area contributed by atoms with Crippen LogP contribution in [0.5, 0.6) is 0 Å². The lowest BCUT2D eigenvalue weighted by Crippen LogP contribution is -2.55. The van der Waals surface area contributed by atoms with E-state index in [9.17, 15) is 15.0 Å². The van der Waals surface area contributed by atoms with Crippen LogP contribution in [0.1, 0.15) is 85.5 Å². The Morgan fingerprint density at radius 3 is 2.58 bits per heavy atom. The zero-order chi connectivity index (χ0) is 22.6. The lowest BCUT2D eigenvalue weighted by Gasteiger charge is -2.58. The number of hydrogen-bond donors (Lipinski definition) is 2. The number of aliphatic hydroxyl groups excluding tert-OH is 2. The highest BCUT2D eigenvalue weighted by atomic mass is 16.3. The molecule has 0 aliphatic heterocycles. The van der Waals surface area contributed by atoms with Gasteiger partial charge in [0.2, 0.25) is 0 Å². The van der Waals surface area contributed by atoms with Crippen molar-refractivity contribution in [1.29, 1.82) is 0 Å². The third-order valence-electron chi connectivity index (χ3n) is 10.4. The van der Waals surface area contributed by atoms with Crippen molar-refractivity contribution in [2.45, 2.75) is 91.6 Å². The van der Waals surface area contributed by atoms with E-state index in [4.69, 9.17) is 0 Å². The molecule has 0 aromatic heterocycles. The maximum absolute atomic E-state index is 13.4. The van der Waals surface area contributed by atoms with Crippen LogP contribution in [0.4, 0.5) is 0 Å². The first kappa shape index (κ1) is 23.2. The molecule has 174 valence electrons. The summed E-state index contributed by atoms with van der Waals surface area (Å²) in [5.41, 5.74) is 2.36. The highest BCUT2D eigenvalue weighted by molar-refractivity contribution is 5.94. The minimum absolute atomic E-state index is 0.0627. The molecule has 31 heavy (non-hydrogen) atoms. The van der Waals surface area contributed by atoms with E-state index < -0.39 is 0 Å². The first-order chi connectivity index (χ1) is 14.6. The zero-order valence-corrected chi connectivity index (χ0v) is 20.2. The molecule has 8 atom stereocenters. The molecule has 0 spiro atoms. The second-order valence-corrected chi connectivity index (χ2v) is 12.1. The quantitative estimate of drug-likeness (QED) is 0.533. The second kappa shape index (κ2) is 8.45. The molecule has 3 heteroatoms. The van der Waals surface area contributed by atoms with Crippen LogP contribution in [0.2, 0.25) is 0 Å². The van der Waals surface area contributed by atoms with Crippen molar-refractivity contribution in [3.8, 4) is 0 Å². The third-order valence-corrected chi connectivity index (χ3v) is 10.4. The van der Waals surface area contributed by atoms with Crippen LogP contribution < -0.4 is 0 Å². The smallest absolute Gasteiger partial charge is 0.159 e. The predicted octanol–water partition coefficient (Wildman–Crippen LogP) is 5.71. The molecule has 0 heterocycles. The first-order valence-corrected chi connectivity index (χ1v) is 12.9. The van der Waals surface area contributed by atoms with E-state index in [0.29, 0.717) is 30.1 Å². The average Bonchev–Trinajstić information content (AvgIpc) is 3.08. The topological polar surface area (TPSA) is 57.5 Å². The molecule has 0 amide bonds. The summed E-state index contributed by atoms with van der Waals surface area (Å²) in [6, 6.07) is 0. The third kappa shape index (κ3) is 3.68. The van der Waals surface area contributed by atoms with Crippen LogP contribution in [0, 0.1) is 46.3 Å². The van der Waals surface area contributed by atoms with Crippen LogP contribution in [0.15, 0.2) is 23.8 Å². The van der Waals surface area contributed by atoms with E-state index in [1.807, 2.05) is 6.08 Å². The fourth-order valence-electron chi connectivity index (χ4n) is 8.37. The summed E-state index contributed by atoms with van der Waals surface area (Å²) >= 11 is 0. The Labute approximate surface area is 189 Å². The van der Waals surface area contributed by atoms with E-state index in [1.165, 1.54) is 24.8 Å². The van der Waals surface area contributed by atoms with Gasteiger partial charge in [0, 0.05) is 11.3 Å². The van der Waals surface area contributed by atoms with Crippen molar-refractivity contribution in [1.82, 2.24) is 0 Å². The van der Waals surface area contributed by atoms with Gasteiger partial charge in [-0.05, 0) is 98.9 Å². The standard InChI is InChI=1S/C28H44O3/c1-17(2)18(3)6-7-19(4)22-8-9-23-26-24(11-12-27(22,23)5)28(16-29)13-10-21(30)14-20(28)15-25(26)31/h15,17,19,21-24,26,29-30H,3,6-14,16H2,1-2,4-5H3/t19-,21+,22-,23+,24+,26+,27-,28-/m1/s1. The molecule has 0 aromatic carbocycles. The minimum atomic E-state index is -0.360. The molecule has 0 radical (unpaired) electrons. The molecular weight excluding hydrogens is 384 g/mol. The fourth-order valence-corrected chi connectivity index (χ4v) is 8.37. The number of carbonyl (C=O) groups is 1. The Bertz CT molecular complexity index is 751. The normalized spacial score (nSPS) is 43.1. The van der Waals surface area contributed by atoms with Crippen LogP contribution in [0.25, 0.3) is 0 Å². The summed E-state index contributed by atoms with van der Waals surface area (Å²) in [4.78, 5) is 13.4. The van der Waals surface area contributed by atoms with Gasteiger partial charge in [-0.3, -0.25) is 4.79 Å². The molecule has 0 bridgehead atoms. The van der Waals surface area contributed by atoms with Gasteiger partial charge in [-0.25, -0.2) is 0 Å². The Balaban J connectivity index is 1.57. The van der Waals surface area contributed by atoms with E-state index in [-0.39, 0.29) is 41.2 Å². The van der Waals surface area contributed by atoms with Crippen LogP contribution in [-0.2, 0) is 4.79 Å². The molecule has 0 unspecified atom stereocenters. The molecule has 4 rings (SSSR count). The van der Waals surface area contributed by atoms with Gasteiger partial charge in [-0.15, -0.1) is 0 Å². The van der Waals surface area contributed by atoms with Crippen molar-refractivity contribution < 1.29 is 15.0 Å². The molecule has 4 aliphatic carbocycles. The Kier molecular flexibility index (Phi) is 6.33. The highest BCUT2D eigenvalue weighted by Crippen LogP contribution is 2.66. The Morgan fingerprint density at radius 1 is 1.16 bits per heavy atom. The van der Waals surface area contributed by atoms with E-state index in [2.05, 4.69) is 34.3 Å². The van der Waals surface area contributed by atoms with E-state index >= 15 is 0 Å². The number of aliphatic hydroxyl groups is 2. The first-order valence-electron chi connectivity index (χ1n) is 12.9. The van der Waals surface area contributed by atoms with E-state index in [1.54, 1.807) is 0 Å². The molecular formula is C28H44O3. The largest absolute Gasteiger partial charge is 0.395 e. The molecule has 3 fully saturated rings. The highest BCUT2D eigenvalue weighted by Gasteiger charge is 2.62. The molecule has 3 saturated carbocycles.